The fourth-order valence-electron chi connectivity index (χ4n) is 1.43. The van der Waals surface area contributed by atoms with Gasteiger partial charge in [0.25, 0.3) is 5.91 Å². The lowest BCUT2D eigenvalue weighted by atomic mass is 10.2. The first-order chi connectivity index (χ1) is 9.31. The van der Waals surface area contributed by atoms with Crippen molar-refractivity contribution < 1.29 is 28.9 Å². The zero-order valence-electron chi connectivity index (χ0n) is 11.0. The Hall–Kier alpha value is -2.15. The molecule has 7 heteroatoms. The van der Waals surface area contributed by atoms with Crippen LogP contribution in [0.2, 0.25) is 0 Å². The number of rotatable bonds is 6. The molecule has 0 aliphatic rings. The van der Waals surface area contributed by atoms with Gasteiger partial charge in [-0.1, -0.05) is 0 Å². The molecule has 0 radical (unpaired) electrons. The highest BCUT2D eigenvalue weighted by Gasteiger charge is 2.27. The van der Waals surface area contributed by atoms with Crippen molar-refractivity contribution in [1.82, 2.24) is 5.32 Å². The molecule has 0 aliphatic heterocycles. The first-order valence-electron chi connectivity index (χ1n) is 5.94. The molecule has 0 aliphatic carbocycles. The maximum atomic E-state index is 12.7. The van der Waals surface area contributed by atoms with E-state index in [0.29, 0.717) is 0 Å². The summed E-state index contributed by atoms with van der Waals surface area (Å²) in [4.78, 5) is 22.6. The molecular formula is C13H16FNO5. The number of aliphatic hydroxyl groups excluding tert-OH is 1. The molecule has 0 spiro atoms. The Bertz CT molecular complexity index is 474. The number of benzene rings is 1. The summed E-state index contributed by atoms with van der Waals surface area (Å²) >= 11 is 0. The topological polar surface area (TPSA) is 95.9 Å². The number of carboxylic acids is 1. The number of carbonyl (C=O) groups excluding carboxylic acids is 1. The van der Waals surface area contributed by atoms with E-state index in [1.807, 2.05) is 0 Å². The van der Waals surface area contributed by atoms with Gasteiger partial charge in [-0.25, -0.2) is 9.18 Å². The lowest BCUT2D eigenvalue weighted by Crippen LogP contribution is -2.51. The van der Waals surface area contributed by atoms with Gasteiger partial charge < -0.3 is 20.3 Å². The minimum atomic E-state index is -1.42. The van der Waals surface area contributed by atoms with Gasteiger partial charge in [0.05, 0.1) is 6.10 Å². The molecule has 1 aromatic carbocycles. The van der Waals surface area contributed by atoms with Crippen LogP contribution < -0.4 is 10.1 Å². The second-order valence-corrected chi connectivity index (χ2v) is 4.28. The van der Waals surface area contributed by atoms with E-state index in [2.05, 4.69) is 5.32 Å². The average Bonchev–Trinajstić information content (AvgIpc) is 2.37. The number of aliphatic hydroxyl groups is 1. The highest BCUT2D eigenvalue weighted by atomic mass is 19.1. The maximum absolute atomic E-state index is 12.7. The van der Waals surface area contributed by atoms with Crippen molar-refractivity contribution in [1.29, 1.82) is 0 Å². The molecule has 0 fully saturated rings. The number of aliphatic carboxylic acids is 1. The standard InChI is InChI=1S/C13H16FNO5/c1-7(16)11(13(18)19)15-12(17)8(2)20-10-5-3-9(14)4-6-10/h3-8,11,16H,1-2H3,(H,15,17)(H,18,19)/t7-,8?,11+/m1/s1. The molecule has 1 unspecified atom stereocenters. The van der Waals surface area contributed by atoms with Gasteiger partial charge in [0, 0.05) is 0 Å². The predicted molar refractivity (Wildman–Crippen MR) is 67.7 cm³/mol. The monoisotopic (exact) mass is 285 g/mol. The van der Waals surface area contributed by atoms with Gasteiger partial charge in [0.2, 0.25) is 0 Å². The number of amides is 1. The molecule has 1 aromatic rings. The van der Waals surface area contributed by atoms with Crippen molar-refractivity contribution in [3.63, 3.8) is 0 Å². The molecule has 0 saturated carbocycles. The highest BCUT2D eigenvalue weighted by molar-refractivity contribution is 5.86. The molecule has 0 saturated heterocycles. The number of hydrogen-bond donors (Lipinski definition) is 3. The SMILES string of the molecule is CC(Oc1ccc(F)cc1)C(=O)N[C@H](C(=O)O)[C@@H](C)O. The normalized spacial score (nSPS) is 15.0. The van der Waals surface area contributed by atoms with Crippen LogP contribution >= 0.6 is 0 Å². The van der Waals surface area contributed by atoms with Crippen molar-refractivity contribution >= 4 is 11.9 Å². The van der Waals surface area contributed by atoms with E-state index in [0.717, 1.165) is 0 Å². The van der Waals surface area contributed by atoms with Crippen LogP contribution in [0.25, 0.3) is 0 Å². The summed E-state index contributed by atoms with van der Waals surface area (Å²) in [5.41, 5.74) is 0. The molecular weight excluding hydrogens is 269 g/mol. The maximum Gasteiger partial charge on any atom is 0.328 e. The van der Waals surface area contributed by atoms with E-state index in [1.165, 1.54) is 38.1 Å². The smallest absolute Gasteiger partial charge is 0.328 e. The molecule has 3 atom stereocenters. The van der Waals surface area contributed by atoms with Crippen molar-refractivity contribution in [3.05, 3.63) is 30.1 Å². The lowest BCUT2D eigenvalue weighted by Gasteiger charge is -2.20. The molecule has 110 valence electrons. The Balaban J connectivity index is 2.62. The molecule has 0 heterocycles. The first-order valence-corrected chi connectivity index (χ1v) is 5.94. The van der Waals surface area contributed by atoms with Gasteiger partial charge in [-0.15, -0.1) is 0 Å². The van der Waals surface area contributed by atoms with E-state index >= 15 is 0 Å². The van der Waals surface area contributed by atoms with E-state index in [1.54, 1.807) is 0 Å². The predicted octanol–water partition coefficient (Wildman–Crippen LogP) is 0.543. The van der Waals surface area contributed by atoms with Gasteiger partial charge in [-0.3, -0.25) is 4.79 Å². The van der Waals surface area contributed by atoms with Crippen LogP contribution in [0.15, 0.2) is 24.3 Å². The Morgan fingerprint density at radius 2 is 1.80 bits per heavy atom. The third-order valence-corrected chi connectivity index (χ3v) is 2.54. The number of halogens is 1. The van der Waals surface area contributed by atoms with Crippen LogP contribution in [-0.4, -0.2) is 40.3 Å². The molecule has 1 amide bonds. The second kappa shape index (κ2) is 6.85. The van der Waals surface area contributed by atoms with Crippen LogP contribution in [0, 0.1) is 5.82 Å². The van der Waals surface area contributed by atoms with Crippen LogP contribution in [0.5, 0.6) is 5.75 Å². The molecule has 20 heavy (non-hydrogen) atoms. The average molecular weight is 285 g/mol. The van der Waals surface area contributed by atoms with Crippen LogP contribution in [0.1, 0.15) is 13.8 Å². The highest BCUT2D eigenvalue weighted by Crippen LogP contribution is 2.13. The summed E-state index contributed by atoms with van der Waals surface area (Å²) in [7, 11) is 0. The summed E-state index contributed by atoms with van der Waals surface area (Å²) in [5.74, 6) is -2.20. The summed E-state index contributed by atoms with van der Waals surface area (Å²) in [6.45, 7) is 2.67. The van der Waals surface area contributed by atoms with Gasteiger partial charge in [0.15, 0.2) is 12.1 Å². The van der Waals surface area contributed by atoms with Crippen molar-refractivity contribution in [2.75, 3.05) is 0 Å². The third-order valence-electron chi connectivity index (χ3n) is 2.54. The van der Waals surface area contributed by atoms with Gasteiger partial charge in [0.1, 0.15) is 11.6 Å². The second-order valence-electron chi connectivity index (χ2n) is 4.28. The number of ether oxygens (including phenoxy) is 1. The van der Waals surface area contributed by atoms with Gasteiger partial charge in [-0.2, -0.15) is 0 Å². The first kappa shape index (κ1) is 15.9. The lowest BCUT2D eigenvalue weighted by molar-refractivity contribution is -0.145. The van der Waals surface area contributed by atoms with Crippen molar-refractivity contribution in [2.24, 2.45) is 0 Å². The van der Waals surface area contributed by atoms with Gasteiger partial charge >= 0.3 is 5.97 Å². The summed E-state index contributed by atoms with van der Waals surface area (Å²) < 4.78 is 17.9. The fraction of sp³-hybridized carbons (Fsp3) is 0.385. The Kier molecular flexibility index (Phi) is 5.45. The molecule has 0 bridgehead atoms. The van der Waals surface area contributed by atoms with Crippen molar-refractivity contribution in [2.45, 2.75) is 32.1 Å². The van der Waals surface area contributed by atoms with Crippen LogP contribution in [0.3, 0.4) is 0 Å². The third kappa shape index (κ3) is 4.51. The molecule has 6 nitrogen and oxygen atoms in total. The summed E-state index contributed by atoms with van der Waals surface area (Å²) in [6.07, 6.45) is -2.23. The minimum absolute atomic E-state index is 0.276. The van der Waals surface area contributed by atoms with Crippen LogP contribution in [0.4, 0.5) is 4.39 Å². The minimum Gasteiger partial charge on any atom is -0.481 e. The van der Waals surface area contributed by atoms with E-state index in [4.69, 9.17) is 9.84 Å². The Labute approximate surface area is 115 Å². The zero-order valence-corrected chi connectivity index (χ0v) is 11.0. The van der Waals surface area contributed by atoms with Crippen molar-refractivity contribution in [3.8, 4) is 5.75 Å². The Morgan fingerprint density at radius 1 is 1.25 bits per heavy atom. The number of hydrogen-bond acceptors (Lipinski definition) is 4. The quantitative estimate of drug-likeness (QED) is 0.709. The number of carboxylic acid groups (broad SMARTS) is 1. The summed E-state index contributed by atoms with van der Waals surface area (Å²) in [5, 5.41) is 20.3. The molecule has 0 aromatic heterocycles. The largest absolute Gasteiger partial charge is 0.481 e. The van der Waals surface area contributed by atoms with E-state index < -0.39 is 35.9 Å². The summed E-state index contributed by atoms with van der Waals surface area (Å²) in [6, 6.07) is 3.64. The number of nitrogens with one attached hydrogen (secondary N) is 1. The molecule has 3 N–H and O–H groups in total. The van der Waals surface area contributed by atoms with E-state index in [-0.39, 0.29) is 5.75 Å². The number of carbonyl (C=O) groups is 2. The zero-order chi connectivity index (χ0) is 15.3. The van der Waals surface area contributed by atoms with Gasteiger partial charge in [-0.05, 0) is 38.1 Å². The Morgan fingerprint density at radius 3 is 2.25 bits per heavy atom. The molecule has 1 rings (SSSR count). The fourth-order valence-corrected chi connectivity index (χ4v) is 1.43. The van der Waals surface area contributed by atoms with E-state index in [9.17, 15) is 19.1 Å². The van der Waals surface area contributed by atoms with Crippen LogP contribution in [-0.2, 0) is 9.59 Å².